The Labute approximate surface area is 111 Å². The van der Waals surface area contributed by atoms with Crippen LogP contribution >= 0.6 is 15.9 Å². The van der Waals surface area contributed by atoms with Gasteiger partial charge in [-0.25, -0.2) is 0 Å². The van der Waals surface area contributed by atoms with Crippen LogP contribution in [0.4, 0.5) is 0 Å². The Bertz CT molecular complexity index is 348. The van der Waals surface area contributed by atoms with Crippen LogP contribution in [0.25, 0.3) is 0 Å². The molecule has 6 heteroatoms. The van der Waals surface area contributed by atoms with E-state index in [9.17, 15) is 0 Å². The minimum absolute atomic E-state index is 0.108. The van der Waals surface area contributed by atoms with Gasteiger partial charge in [-0.05, 0) is 56.8 Å². The van der Waals surface area contributed by atoms with Gasteiger partial charge in [0.15, 0.2) is 0 Å². The highest BCUT2D eigenvalue weighted by Crippen LogP contribution is 2.27. The number of nitrogens with one attached hydrogen (secondary N) is 1. The van der Waals surface area contributed by atoms with Gasteiger partial charge in [0, 0.05) is 6.04 Å². The van der Waals surface area contributed by atoms with Gasteiger partial charge in [0.2, 0.25) is 0 Å². The Morgan fingerprint density at radius 3 is 2.65 bits per heavy atom. The lowest BCUT2D eigenvalue weighted by atomic mass is 10.1. The number of nitrogens with zero attached hydrogens (tertiary/aromatic N) is 3. The molecule has 0 aliphatic heterocycles. The van der Waals surface area contributed by atoms with Gasteiger partial charge in [0.05, 0.1) is 22.4 Å². The molecule has 1 rings (SSSR count). The van der Waals surface area contributed by atoms with Crippen LogP contribution in [0.3, 0.4) is 0 Å². The minimum Gasteiger partial charge on any atom is -0.309 e. The number of nitrogens with two attached hydrogens (primary N) is 1. The highest BCUT2D eigenvalue weighted by molar-refractivity contribution is 9.10. The highest BCUT2D eigenvalue weighted by atomic mass is 79.9. The van der Waals surface area contributed by atoms with Crippen molar-refractivity contribution in [2.45, 2.75) is 32.4 Å². The summed E-state index contributed by atoms with van der Waals surface area (Å²) in [5, 5.41) is 4.37. The summed E-state index contributed by atoms with van der Waals surface area (Å²) in [4.78, 5) is 2.15. The van der Waals surface area contributed by atoms with E-state index in [0.717, 1.165) is 23.1 Å². The standard InChI is InChI=1S/C11H22BrN5/c1-8(2)17-11(9(12)7-14-17)10(15-13)5-6-16(3)4/h7-8,10,15H,5-6,13H2,1-4H3. The van der Waals surface area contributed by atoms with Crippen LogP contribution in [0.1, 0.15) is 38.0 Å². The number of rotatable bonds is 6. The van der Waals surface area contributed by atoms with E-state index in [0.29, 0.717) is 6.04 Å². The summed E-state index contributed by atoms with van der Waals surface area (Å²) in [6.45, 7) is 5.20. The van der Waals surface area contributed by atoms with Gasteiger partial charge in [-0.15, -0.1) is 0 Å². The first-order chi connectivity index (χ1) is 7.97. The average Bonchev–Trinajstić information content (AvgIpc) is 2.62. The van der Waals surface area contributed by atoms with Crippen molar-refractivity contribution in [2.75, 3.05) is 20.6 Å². The zero-order valence-electron chi connectivity index (χ0n) is 10.9. The molecule has 0 aliphatic rings. The van der Waals surface area contributed by atoms with Crippen LogP contribution in [0.5, 0.6) is 0 Å². The summed E-state index contributed by atoms with van der Waals surface area (Å²) in [5.74, 6) is 5.66. The Hall–Kier alpha value is -0.430. The number of halogens is 1. The van der Waals surface area contributed by atoms with Crippen molar-refractivity contribution in [3.8, 4) is 0 Å². The van der Waals surface area contributed by atoms with Crippen molar-refractivity contribution < 1.29 is 0 Å². The van der Waals surface area contributed by atoms with E-state index < -0.39 is 0 Å². The van der Waals surface area contributed by atoms with Crippen molar-refractivity contribution in [1.82, 2.24) is 20.1 Å². The molecule has 0 amide bonds. The molecular weight excluding hydrogens is 282 g/mol. The Morgan fingerprint density at radius 2 is 2.18 bits per heavy atom. The highest BCUT2D eigenvalue weighted by Gasteiger charge is 2.20. The molecule has 98 valence electrons. The second kappa shape index (κ2) is 6.49. The molecule has 1 aromatic heterocycles. The summed E-state index contributed by atoms with van der Waals surface area (Å²) in [5.41, 5.74) is 3.99. The predicted molar refractivity (Wildman–Crippen MR) is 73.5 cm³/mol. The predicted octanol–water partition coefficient (Wildman–Crippen LogP) is 1.68. The summed E-state index contributed by atoms with van der Waals surface area (Å²) >= 11 is 3.54. The fraction of sp³-hybridized carbons (Fsp3) is 0.727. The van der Waals surface area contributed by atoms with Gasteiger partial charge in [0.25, 0.3) is 0 Å². The van der Waals surface area contributed by atoms with Crippen molar-refractivity contribution in [2.24, 2.45) is 5.84 Å². The Kier molecular flexibility index (Phi) is 5.58. The molecule has 1 atom stereocenters. The molecule has 1 heterocycles. The molecule has 0 saturated heterocycles. The van der Waals surface area contributed by atoms with Gasteiger partial charge in [-0.3, -0.25) is 16.0 Å². The van der Waals surface area contributed by atoms with Crippen molar-refractivity contribution in [3.63, 3.8) is 0 Å². The van der Waals surface area contributed by atoms with Gasteiger partial charge in [0.1, 0.15) is 0 Å². The van der Waals surface area contributed by atoms with E-state index in [-0.39, 0.29) is 6.04 Å². The molecule has 5 nitrogen and oxygen atoms in total. The zero-order chi connectivity index (χ0) is 13.0. The van der Waals surface area contributed by atoms with Crippen LogP contribution in [-0.2, 0) is 0 Å². The average molecular weight is 304 g/mol. The molecule has 0 bridgehead atoms. The maximum absolute atomic E-state index is 5.66. The first kappa shape index (κ1) is 14.6. The van der Waals surface area contributed by atoms with Crippen molar-refractivity contribution in [1.29, 1.82) is 0 Å². The quantitative estimate of drug-likeness (QED) is 0.620. The molecule has 0 aliphatic carbocycles. The maximum atomic E-state index is 5.66. The van der Waals surface area contributed by atoms with Crippen LogP contribution < -0.4 is 11.3 Å². The van der Waals surface area contributed by atoms with Gasteiger partial charge >= 0.3 is 0 Å². The number of aromatic nitrogens is 2. The van der Waals surface area contributed by atoms with Crippen LogP contribution in [0.2, 0.25) is 0 Å². The summed E-state index contributed by atoms with van der Waals surface area (Å²) in [7, 11) is 4.12. The third-order valence-corrected chi connectivity index (χ3v) is 3.28. The van der Waals surface area contributed by atoms with Gasteiger partial charge in [-0.1, -0.05) is 0 Å². The lowest BCUT2D eigenvalue weighted by Gasteiger charge is -2.21. The second-order valence-corrected chi connectivity index (χ2v) is 5.58. The molecule has 1 aromatic rings. The maximum Gasteiger partial charge on any atom is 0.0712 e. The second-order valence-electron chi connectivity index (χ2n) is 4.73. The molecular formula is C11H22BrN5. The molecule has 0 radical (unpaired) electrons. The van der Waals surface area contributed by atoms with Gasteiger partial charge < -0.3 is 4.90 Å². The fourth-order valence-electron chi connectivity index (χ4n) is 1.77. The largest absolute Gasteiger partial charge is 0.309 e. The van der Waals surface area contributed by atoms with E-state index in [1.807, 2.05) is 10.9 Å². The SMILES string of the molecule is CC(C)n1ncc(Br)c1C(CCN(C)C)NN. The number of hydrogen-bond acceptors (Lipinski definition) is 4. The Morgan fingerprint density at radius 1 is 1.53 bits per heavy atom. The molecule has 0 fully saturated rings. The normalized spacial score (nSPS) is 13.6. The minimum atomic E-state index is 0.108. The van der Waals surface area contributed by atoms with Crippen LogP contribution in [0, 0.1) is 0 Å². The first-order valence-corrected chi connectivity index (χ1v) is 6.60. The van der Waals surface area contributed by atoms with Crippen LogP contribution in [-0.4, -0.2) is 35.3 Å². The van der Waals surface area contributed by atoms with E-state index in [4.69, 9.17) is 5.84 Å². The molecule has 0 aromatic carbocycles. The third kappa shape index (κ3) is 3.77. The third-order valence-electron chi connectivity index (χ3n) is 2.67. The molecule has 0 spiro atoms. The smallest absolute Gasteiger partial charge is 0.0712 e. The van der Waals surface area contributed by atoms with E-state index in [1.54, 1.807) is 0 Å². The topological polar surface area (TPSA) is 59.1 Å². The summed E-state index contributed by atoms with van der Waals surface area (Å²) in [6, 6.07) is 0.434. The summed E-state index contributed by atoms with van der Waals surface area (Å²) < 4.78 is 3.01. The lowest BCUT2D eigenvalue weighted by Crippen LogP contribution is -2.32. The molecule has 3 N–H and O–H groups in total. The van der Waals surface area contributed by atoms with Gasteiger partial charge in [-0.2, -0.15) is 5.10 Å². The van der Waals surface area contributed by atoms with E-state index >= 15 is 0 Å². The summed E-state index contributed by atoms with van der Waals surface area (Å²) in [6.07, 6.45) is 2.77. The van der Waals surface area contributed by atoms with Crippen molar-refractivity contribution >= 4 is 15.9 Å². The van der Waals surface area contributed by atoms with Crippen LogP contribution in [0.15, 0.2) is 10.7 Å². The lowest BCUT2D eigenvalue weighted by molar-refractivity contribution is 0.348. The monoisotopic (exact) mass is 303 g/mol. The molecule has 17 heavy (non-hydrogen) atoms. The number of hydrogen-bond donors (Lipinski definition) is 2. The Balaban J connectivity index is 2.90. The zero-order valence-corrected chi connectivity index (χ0v) is 12.5. The van der Waals surface area contributed by atoms with E-state index in [1.165, 1.54) is 0 Å². The molecule has 0 saturated carbocycles. The van der Waals surface area contributed by atoms with Crippen molar-refractivity contribution in [3.05, 3.63) is 16.4 Å². The first-order valence-electron chi connectivity index (χ1n) is 5.81. The number of hydrazine groups is 1. The fourth-order valence-corrected chi connectivity index (χ4v) is 2.32. The van der Waals surface area contributed by atoms with E-state index in [2.05, 4.69) is 59.3 Å². The molecule has 1 unspecified atom stereocenters.